The number of primary sulfonamides is 1. The van der Waals surface area contributed by atoms with Crippen LogP contribution in [-0.2, 0) is 26.1 Å². The highest BCUT2D eigenvalue weighted by Crippen LogP contribution is 2.35. The molecule has 0 radical (unpaired) electrons. The number of hydrogen-bond donors (Lipinski definition) is 2. The van der Waals surface area contributed by atoms with Gasteiger partial charge in [0.15, 0.2) is 5.75 Å². The minimum absolute atomic E-state index is 0.00414. The Morgan fingerprint density at radius 3 is 2.13 bits per heavy atom. The molecule has 0 atom stereocenters. The van der Waals surface area contributed by atoms with Gasteiger partial charge in [-0.05, 0) is 51.8 Å². The second-order valence-corrected chi connectivity index (χ2v) is 10.4. The maximum atomic E-state index is 11.4. The van der Waals surface area contributed by atoms with Crippen LogP contribution in [0.4, 0.5) is 11.4 Å². The maximum absolute atomic E-state index is 11.4. The van der Waals surface area contributed by atoms with Gasteiger partial charge in [-0.25, -0.2) is 23.5 Å². The quantitative estimate of drug-likeness (QED) is 0.426. The van der Waals surface area contributed by atoms with E-state index >= 15 is 0 Å². The maximum Gasteiger partial charge on any atom is 0.380 e. The Kier molecular flexibility index (Phi) is 6.49. The highest BCUT2D eigenvalue weighted by atomic mass is 79.9. The molecule has 30 heavy (non-hydrogen) atoms. The van der Waals surface area contributed by atoms with Gasteiger partial charge < -0.3 is 4.18 Å². The van der Waals surface area contributed by atoms with E-state index in [1.807, 2.05) is 0 Å². The number of nitrogens with zero attached hydrogens (tertiary/aromatic N) is 4. The largest absolute Gasteiger partial charge is 0.380 e. The van der Waals surface area contributed by atoms with Crippen LogP contribution in [0.25, 0.3) is 0 Å². The lowest BCUT2D eigenvalue weighted by atomic mass is 10.2. The van der Waals surface area contributed by atoms with Crippen molar-refractivity contribution in [3.8, 4) is 5.75 Å². The Hall–Kier alpha value is -2.04. The summed E-state index contributed by atoms with van der Waals surface area (Å²) in [5, 5.41) is 15.8. The van der Waals surface area contributed by atoms with Gasteiger partial charge in [-0.15, -0.1) is 5.10 Å². The van der Waals surface area contributed by atoms with Crippen molar-refractivity contribution in [2.24, 2.45) is 10.3 Å². The molecule has 0 amide bonds. The predicted octanol–water partition coefficient (Wildman–Crippen LogP) is 1.78. The number of halogens is 2. The zero-order valence-corrected chi connectivity index (χ0v) is 19.7. The average molecular weight is 582 g/mol. The Morgan fingerprint density at radius 1 is 1.00 bits per heavy atom. The summed E-state index contributed by atoms with van der Waals surface area (Å²) >= 11 is 6.62. The van der Waals surface area contributed by atoms with Gasteiger partial charge in [0.1, 0.15) is 12.7 Å². The topological polar surface area (TPSA) is 164 Å². The van der Waals surface area contributed by atoms with Crippen LogP contribution >= 0.6 is 31.9 Å². The van der Waals surface area contributed by atoms with E-state index in [9.17, 15) is 16.8 Å². The lowest BCUT2D eigenvalue weighted by Gasteiger charge is -2.25. The van der Waals surface area contributed by atoms with Gasteiger partial charge >= 0.3 is 10.3 Å². The van der Waals surface area contributed by atoms with Gasteiger partial charge in [0, 0.05) is 4.47 Å². The molecule has 0 unspecified atom stereocenters. The Bertz CT molecular complexity index is 1200. The molecule has 15 heteroatoms. The number of aromatic nitrogens is 3. The van der Waals surface area contributed by atoms with Crippen LogP contribution in [0.15, 0.2) is 58.0 Å². The van der Waals surface area contributed by atoms with Crippen LogP contribution in [0, 0.1) is 0 Å². The summed E-state index contributed by atoms with van der Waals surface area (Å²) in [6.45, 7) is 0. The van der Waals surface area contributed by atoms with E-state index in [0.29, 0.717) is 25.9 Å². The van der Waals surface area contributed by atoms with E-state index in [-0.39, 0.29) is 11.5 Å². The van der Waals surface area contributed by atoms with Crippen LogP contribution in [-0.4, -0.2) is 31.7 Å². The van der Waals surface area contributed by atoms with Crippen molar-refractivity contribution in [2.75, 3.05) is 5.01 Å². The van der Waals surface area contributed by atoms with Gasteiger partial charge in [-0.2, -0.15) is 18.3 Å². The van der Waals surface area contributed by atoms with Crippen molar-refractivity contribution < 1.29 is 21.0 Å². The number of nitrogens with two attached hydrogens (primary N) is 2. The van der Waals surface area contributed by atoms with Crippen molar-refractivity contribution in [2.45, 2.75) is 5.75 Å². The summed E-state index contributed by atoms with van der Waals surface area (Å²) in [6.07, 6.45) is 2.79. The van der Waals surface area contributed by atoms with Gasteiger partial charge in [-0.3, -0.25) is 0 Å². The fraction of sp³-hybridized carbons (Fsp3) is 0.0667. The number of anilines is 2. The lowest BCUT2D eigenvalue weighted by Crippen LogP contribution is -2.25. The molecule has 0 saturated heterocycles. The van der Waals surface area contributed by atoms with Crippen molar-refractivity contribution in [3.63, 3.8) is 0 Å². The number of hydrogen-bond acceptors (Lipinski definition) is 8. The van der Waals surface area contributed by atoms with E-state index in [1.54, 1.807) is 35.3 Å². The zero-order chi connectivity index (χ0) is 22.1. The molecule has 0 spiro atoms. The minimum atomic E-state index is -4.19. The smallest absolute Gasteiger partial charge is 0.370 e. The molecular weight excluding hydrogens is 568 g/mol. The molecule has 0 saturated carbocycles. The Balaban J connectivity index is 2.06. The van der Waals surface area contributed by atoms with E-state index < -0.39 is 20.3 Å². The number of benzene rings is 2. The van der Waals surface area contributed by atoms with Crippen LogP contribution in [0.3, 0.4) is 0 Å². The van der Waals surface area contributed by atoms with Crippen LogP contribution in [0.5, 0.6) is 5.75 Å². The van der Waals surface area contributed by atoms with E-state index in [4.69, 9.17) is 14.5 Å². The van der Waals surface area contributed by atoms with E-state index in [2.05, 4.69) is 41.9 Å². The molecule has 160 valence electrons. The van der Waals surface area contributed by atoms with Gasteiger partial charge in [0.2, 0.25) is 10.0 Å². The molecule has 1 heterocycles. The fourth-order valence-corrected chi connectivity index (χ4v) is 4.84. The number of sulfonamides is 1. The molecule has 3 aromatic rings. The summed E-state index contributed by atoms with van der Waals surface area (Å²) in [7, 11) is -7.89. The molecular formula is C15H14Br2N6O5S2. The molecule has 11 nitrogen and oxygen atoms in total. The lowest BCUT2D eigenvalue weighted by molar-refractivity contribution is 0.486. The monoisotopic (exact) mass is 580 g/mol. The average Bonchev–Trinajstić information content (AvgIpc) is 3.12. The second-order valence-electron chi connectivity index (χ2n) is 5.90. The van der Waals surface area contributed by atoms with Crippen molar-refractivity contribution >= 4 is 63.6 Å². The summed E-state index contributed by atoms with van der Waals surface area (Å²) < 4.78 is 50.8. The molecule has 0 aliphatic heterocycles. The molecule has 3 rings (SSSR count). The standard InChI is InChI=1S/C15H14Br2N6O5S2/c16-13-5-11(2-1-10(13)7-29(18,24)25)23(22-9-20-8-21-22)12-3-4-15(14(17)6-12)28-30(19,26)27/h1-6,8-9H,7H2,(H2,18,24,25)(H2,19,26,27). The first kappa shape index (κ1) is 22.6. The third kappa shape index (κ3) is 5.77. The molecule has 0 fully saturated rings. The van der Waals surface area contributed by atoms with Gasteiger partial charge in [0.05, 0.1) is 21.6 Å². The summed E-state index contributed by atoms with van der Waals surface area (Å²) in [4.78, 5) is 5.37. The van der Waals surface area contributed by atoms with Crippen LogP contribution < -0.4 is 19.5 Å². The molecule has 1 aromatic heterocycles. The predicted molar refractivity (Wildman–Crippen MR) is 116 cm³/mol. The van der Waals surface area contributed by atoms with Gasteiger partial charge in [0.25, 0.3) is 0 Å². The fourth-order valence-electron chi connectivity index (χ4n) is 2.51. The molecule has 2 aromatic carbocycles. The third-order valence-corrected chi connectivity index (χ3v) is 6.10. The molecule has 0 bridgehead atoms. The normalized spacial score (nSPS) is 12.0. The van der Waals surface area contributed by atoms with Gasteiger partial charge in [-0.1, -0.05) is 22.0 Å². The SMILES string of the molecule is NS(=O)(=O)Cc1ccc(N(c2ccc(OS(N)(=O)=O)c(Br)c2)n2cncn2)cc1Br. The molecule has 0 aliphatic carbocycles. The summed E-state index contributed by atoms with van der Waals surface area (Å²) in [5.74, 6) is -0.327. The molecule has 0 aliphatic rings. The second kappa shape index (κ2) is 8.60. The first-order chi connectivity index (χ1) is 13.9. The zero-order valence-electron chi connectivity index (χ0n) is 14.9. The van der Waals surface area contributed by atoms with E-state index in [0.717, 1.165) is 0 Å². The van der Waals surface area contributed by atoms with Crippen molar-refractivity contribution in [3.05, 3.63) is 63.6 Å². The third-order valence-electron chi connectivity index (χ3n) is 3.62. The minimum Gasteiger partial charge on any atom is -0.370 e. The Labute approximate surface area is 189 Å². The summed E-state index contributed by atoms with van der Waals surface area (Å²) in [5.41, 5.74) is 1.63. The van der Waals surface area contributed by atoms with Crippen molar-refractivity contribution in [1.29, 1.82) is 0 Å². The molecule has 4 N–H and O–H groups in total. The van der Waals surface area contributed by atoms with E-state index in [1.165, 1.54) is 23.5 Å². The first-order valence-corrected chi connectivity index (χ1v) is 12.7. The van der Waals surface area contributed by atoms with Crippen molar-refractivity contribution in [1.82, 2.24) is 14.9 Å². The van der Waals surface area contributed by atoms with Crippen LogP contribution in [0.1, 0.15) is 5.56 Å². The summed E-state index contributed by atoms with van der Waals surface area (Å²) in [6, 6.07) is 9.56. The first-order valence-electron chi connectivity index (χ1n) is 7.89. The van der Waals surface area contributed by atoms with Crippen LogP contribution in [0.2, 0.25) is 0 Å². The number of rotatable bonds is 7. The highest BCUT2D eigenvalue weighted by molar-refractivity contribution is 9.10. The Morgan fingerprint density at radius 2 is 1.63 bits per heavy atom. The highest BCUT2D eigenvalue weighted by Gasteiger charge is 2.18.